The number of aromatic nitrogens is 1. The van der Waals surface area contributed by atoms with Crippen LogP contribution in [0, 0.1) is 13.8 Å². The highest BCUT2D eigenvalue weighted by Crippen LogP contribution is 2.30. The molecule has 0 spiro atoms. The number of unbranched alkanes of at least 4 members (excludes halogenated alkanes) is 1. The SMILES string of the molecule is CCCCN(Cc1ccccc1)C(=O)c1cc(-c2cccs2)nc2cc(C)c(C)cc12. The molecule has 2 heterocycles. The second kappa shape index (κ2) is 9.44. The number of amides is 1. The van der Waals surface area contributed by atoms with Gasteiger partial charge in [0.05, 0.1) is 21.7 Å². The summed E-state index contributed by atoms with van der Waals surface area (Å²) in [6.45, 7) is 7.71. The Morgan fingerprint density at radius 3 is 2.48 bits per heavy atom. The molecule has 4 rings (SSSR count). The highest BCUT2D eigenvalue weighted by atomic mass is 32.1. The van der Waals surface area contributed by atoms with E-state index in [-0.39, 0.29) is 5.91 Å². The van der Waals surface area contributed by atoms with E-state index in [1.165, 1.54) is 11.1 Å². The zero-order valence-electron chi connectivity index (χ0n) is 18.4. The summed E-state index contributed by atoms with van der Waals surface area (Å²) in [4.78, 5) is 21.9. The van der Waals surface area contributed by atoms with Crippen molar-refractivity contribution >= 4 is 28.1 Å². The van der Waals surface area contributed by atoms with E-state index in [1.807, 2.05) is 40.6 Å². The Morgan fingerprint density at radius 2 is 1.77 bits per heavy atom. The van der Waals surface area contributed by atoms with Crippen LogP contribution in [0.25, 0.3) is 21.5 Å². The molecule has 1 amide bonds. The van der Waals surface area contributed by atoms with E-state index in [4.69, 9.17) is 4.98 Å². The Balaban J connectivity index is 1.82. The lowest BCUT2D eigenvalue weighted by Gasteiger charge is -2.24. The van der Waals surface area contributed by atoms with Gasteiger partial charge in [0.1, 0.15) is 0 Å². The van der Waals surface area contributed by atoms with Gasteiger partial charge in [-0.05, 0) is 66.6 Å². The van der Waals surface area contributed by atoms with E-state index in [9.17, 15) is 4.79 Å². The number of aryl methyl sites for hydroxylation is 2. The normalized spacial score (nSPS) is 11.1. The van der Waals surface area contributed by atoms with Gasteiger partial charge in [-0.2, -0.15) is 0 Å². The molecule has 3 nitrogen and oxygen atoms in total. The molecule has 0 atom stereocenters. The van der Waals surface area contributed by atoms with Gasteiger partial charge in [0.15, 0.2) is 0 Å². The van der Waals surface area contributed by atoms with Crippen LogP contribution in [0.4, 0.5) is 0 Å². The number of rotatable bonds is 7. The lowest BCUT2D eigenvalue weighted by molar-refractivity contribution is 0.0743. The van der Waals surface area contributed by atoms with Gasteiger partial charge in [0.2, 0.25) is 0 Å². The summed E-state index contributed by atoms with van der Waals surface area (Å²) in [5.41, 5.74) is 6.00. The number of benzene rings is 2. The Morgan fingerprint density at radius 1 is 1.00 bits per heavy atom. The molecule has 4 heteroatoms. The maximum atomic E-state index is 13.9. The molecule has 0 aliphatic rings. The van der Waals surface area contributed by atoms with Crippen molar-refractivity contribution in [2.75, 3.05) is 6.54 Å². The van der Waals surface area contributed by atoms with Crippen LogP contribution in [0.5, 0.6) is 0 Å². The summed E-state index contributed by atoms with van der Waals surface area (Å²) < 4.78 is 0. The van der Waals surface area contributed by atoms with E-state index in [0.29, 0.717) is 6.54 Å². The molecule has 0 saturated carbocycles. The minimum atomic E-state index is 0.0748. The molecular weight excluding hydrogens is 400 g/mol. The summed E-state index contributed by atoms with van der Waals surface area (Å²) in [5, 5.41) is 2.98. The number of thiophene rings is 1. The predicted molar refractivity (Wildman–Crippen MR) is 131 cm³/mol. The molecule has 0 aliphatic carbocycles. The van der Waals surface area contributed by atoms with E-state index in [0.717, 1.165) is 52.0 Å². The van der Waals surface area contributed by atoms with Crippen molar-refractivity contribution < 1.29 is 4.79 Å². The summed E-state index contributed by atoms with van der Waals surface area (Å²) in [6, 6.07) is 20.5. The minimum absolute atomic E-state index is 0.0748. The Kier molecular flexibility index (Phi) is 6.47. The molecule has 0 saturated heterocycles. The maximum Gasteiger partial charge on any atom is 0.254 e. The molecule has 31 heavy (non-hydrogen) atoms. The van der Waals surface area contributed by atoms with Crippen molar-refractivity contribution in [1.82, 2.24) is 9.88 Å². The number of nitrogens with zero attached hydrogens (tertiary/aromatic N) is 2. The van der Waals surface area contributed by atoms with Gasteiger partial charge in [-0.15, -0.1) is 11.3 Å². The fourth-order valence-corrected chi connectivity index (χ4v) is 4.47. The van der Waals surface area contributed by atoms with Gasteiger partial charge in [0.25, 0.3) is 5.91 Å². The van der Waals surface area contributed by atoms with Crippen molar-refractivity contribution in [2.45, 2.75) is 40.2 Å². The van der Waals surface area contributed by atoms with Gasteiger partial charge in [-0.1, -0.05) is 49.7 Å². The second-order valence-electron chi connectivity index (χ2n) is 8.05. The Hall–Kier alpha value is -2.98. The van der Waals surface area contributed by atoms with Crippen LogP contribution in [0.3, 0.4) is 0 Å². The molecule has 2 aromatic carbocycles. The molecule has 0 unspecified atom stereocenters. The topological polar surface area (TPSA) is 33.2 Å². The van der Waals surface area contributed by atoms with Crippen LogP contribution in [-0.4, -0.2) is 22.3 Å². The molecule has 0 N–H and O–H groups in total. The molecule has 4 aromatic rings. The number of hydrogen-bond donors (Lipinski definition) is 0. The van der Waals surface area contributed by atoms with E-state index in [1.54, 1.807) is 11.3 Å². The lowest BCUT2D eigenvalue weighted by atomic mass is 10.00. The van der Waals surface area contributed by atoms with Gasteiger partial charge < -0.3 is 4.90 Å². The number of hydrogen-bond acceptors (Lipinski definition) is 3. The van der Waals surface area contributed by atoms with Gasteiger partial charge in [0, 0.05) is 18.5 Å². The van der Waals surface area contributed by atoms with E-state index >= 15 is 0 Å². The minimum Gasteiger partial charge on any atom is -0.334 e. The van der Waals surface area contributed by atoms with E-state index < -0.39 is 0 Å². The highest BCUT2D eigenvalue weighted by molar-refractivity contribution is 7.13. The molecule has 0 radical (unpaired) electrons. The Labute approximate surface area is 188 Å². The lowest BCUT2D eigenvalue weighted by Crippen LogP contribution is -2.31. The standard InChI is InChI=1S/C27H28N2OS/c1-4-5-13-29(18-21-10-7-6-8-11-21)27(30)23-17-25(26-12-9-14-31-26)28-24-16-20(3)19(2)15-22(23)24/h6-12,14-17H,4-5,13,18H2,1-3H3. The zero-order chi connectivity index (χ0) is 21.8. The molecule has 0 aliphatic heterocycles. The van der Waals surface area contributed by atoms with Crippen molar-refractivity contribution in [1.29, 1.82) is 0 Å². The van der Waals surface area contributed by atoms with Crippen molar-refractivity contribution in [3.8, 4) is 10.6 Å². The first-order valence-electron chi connectivity index (χ1n) is 10.9. The number of fused-ring (bicyclic) bond motifs is 1. The monoisotopic (exact) mass is 428 g/mol. The quantitative estimate of drug-likeness (QED) is 0.317. The van der Waals surface area contributed by atoms with Crippen molar-refractivity contribution in [2.24, 2.45) is 0 Å². The third kappa shape index (κ3) is 4.70. The first kappa shape index (κ1) is 21.3. The van der Waals surface area contributed by atoms with E-state index in [2.05, 4.69) is 51.1 Å². The third-order valence-corrected chi connectivity index (χ3v) is 6.61. The second-order valence-corrected chi connectivity index (χ2v) is 9.00. The fourth-order valence-electron chi connectivity index (χ4n) is 3.79. The smallest absolute Gasteiger partial charge is 0.254 e. The van der Waals surface area contributed by atoms with Crippen molar-refractivity contribution in [3.63, 3.8) is 0 Å². The molecule has 0 bridgehead atoms. The Bertz CT molecular complexity index is 1180. The summed E-state index contributed by atoms with van der Waals surface area (Å²) in [5.74, 6) is 0.0748. The van der Waals surface area contributed by atoms with Gasteiger partial charge in [-0.25, -0.2) is 4.98 Å². The van der Waals surface area contributed by atoms with Crippen LogP contribution in [0.2, 0.25) is 0 Å². The average Bonchev–Trinajstić information content (AvgIpc) is 3.32. The summed E-state index contributed by atoms with van der Waals surface area (Å²) in [6.07, 6.45) is 2.03. The van der Waals surface area contributed by atoms with Crippen LogP contribution in [0.1, 0.15) is 46.8 Å². The van der Waals surface area contributed by atoms with Crippen LogP contribution in [0.15, 0.2) is 66.0 Å². The molecular formula is C27H28N2OS. The number of pyridine rings is 1. The predicted octanol–water partition coefficient (Wildman–Crippen LogP) is 7.02. The highest BCUT2D eigenvalue weighted by Gasteiger charge is 2.21. The molecule has 2 aromatic heterocycles. The van der Waals surface area contributed by atoms with Crippen molar-refractivity contribution in [3.05, 3.63) is 88.3 Å². The van der Waals surface area contributed by atoms with Crippen LogP contribution < -0.4 is 0 Å². The zero-order valence-corrected chi connectivity index (χ0v) is 19.2. The van der Waals surface area contributed by atoms with Gasteiger partial charge >= 0.3 is 0 Å². The third-order valence-electron chi connectivity index (χ3n) is 5.71. The first-order valence-corrected chi connectivity index (χ1v) is 11.7. The van der Waals surface area contributed by atoms with Crippen LogP contribution in [-0.2, 0) is 6.54 Å². The average molecular weight is 429 g/mol. The largest absolute Gasteiger partial charge is 0.334 e. The number of carbonyl (C=O) groups is 1. The first-order chi connectivity index (χ1) is 15.1. The molecule has 158 valence electrons. The maximum absolute atomic E-state index is 13.9. The van der Waals surface area contributed by atoms with Gasteiger partial charge in [-0.3, -0.25) is 4.79 Å². The molecule has 0 fully saturated rings. The summed E-state index contributed by atoms with van der Waals surface area (Å²) >= 11 is 1.65. The fraction of sp³-hybridized carbons (Fsp3) is 0.259. The van der Waals surface area contributed by atoms with Crippen LogP contribution >= 0.6 is 11.3 Å². The summed E-state index contributed by atoms with van der Waals surface area (Å²) in [7, 11) is 0. The number of carbonyl (C=O) groups excluding carboxylic acids is 1.